The van der Waals surface area contributed by atoms with Crippen molar-refractivity contribution in [3.63, 3.8) is 0 Å². The van der Waals surface area contributed by atoms with Gasteiger partial charge in [-0.3, -0.25) is 4.79 Å². The van der Waals surface area contributed by atoms with Gasteiger partial charge in [0.1, 0.15) is 0 Å². The molecule has 0 aromatic carbocycles. The van der Waals surface area contributed by atoms with Crippen LogP contribution >= 0.6 is 0 Å². The number of hydrogen-bond acceptors (Lipinski definition) is 1. The summed E-state index contributed by atoms with van der Waals surface area (Å²) in [6, 6.07) is 0. The van der Waals surface area contributed by atoms with Gasteiger partial charge in [0.15, 0.2) is 0 Å². The van der Waals surface area contributed by atoms with Gasteiger partial charge in [-0.2, -0.15) is 0 Å². The van der Waals surface area contributed by atoms with E-state index in [-0.39, 0.29) is 6.42 Å². The maximum absolute atomic E-state index is 10.2. The highest BCUT2D eigenvalue weighted by atomic mass is 16.4. The van der Waals surface area contributed by atoms with Crippen LogP contribution in [-0.4, -0.2) is 11.1 Å². The lowest BCUT2D eigenvalue weighted by Crippen LogP contribution is -1.89. The van der Waals surface area contributed by atoms with Gasteiger partial charge >= 0.3 is 5.97 Å². The molecule has 16 heavy (non-hydrogen) atoms. The van der Waals surface area contributed by atoms with Crippen molar-refractivity contribution in [1.29, 1.82) is 0 Å². The number of allylic oxidation sites excluding steroid dienone is 5. The van der Waals surface area contributed by atoms with E-state index in [1.807, 2.05) is 6.08 Å². The van der Waals surface area contributed by atoms with E-state index < -0.39 is 5.97 Å². The fourth-order valence-electron chi connectivity index (χ4n) is 1.22. The first-order chi connectivity index (χ1) is 7.77. The number of hydrogen-bond donors (Lipinski definition) is 1. The highest BCUT2D eigenvalue weighted by Gasteiger charge is 1.88. The second-order valence-electron chi connectivity index (χ2n) is 3.62. The molecular formula is C14H22O2. The van der Waals surface area contributed by atoms with Crippen molar-refractivity contribution in [1.82, 2.24) is 0 Å². The Kier molecular flexibility index (Phi) is 10.8. The maximum Gasteiger partial charge on any atom is 0.307 e. The summed E-state index contributed by atoms with van der Waals surface area (Å²) in [5.41, 5.74) is 0. The molecule has 0 saturated heterocycles. The first kappa shape index (κ1) is 14.7. The van der Waals surface area contributed by atoms with Crippen LogP contribution in [-0.2, 0) is 4.79 Å². The highest BCUT2D eigenvalue weighted by molar-refractivity contribution is 5.68. The molecule has 2 heteroatoms. The van der Waals surface area contributed by atoms with E-state index in [0.717, 1.165) is 32.1 Å². The quantitative estimate of drug-likeness (QED) is 0.362. The van der Waals surface area contributed by atoms with Crippen LogP contribution in [0.25, 0.3) is 0 Å². The number of aliphatic carboxylic acids is 1. The Hall–Kier alpha value is -1.31. The van der Waals surface area contributed by atoms with Gasteiger partial charge in [-0.15, -0.1) is 0 Å². The van der Waals surface area contributed by atoms with Crippen LogP contribution in [0.4, 0.5) is 0 Å². The summed E-state index contributed by atoms with van der Waals surface area (Å²) in [4.78, 5) is 10.2. The van der Waals surface area contributed by atoms with E-state index >= 15 is 0 Å². The molecule has 0 bridgehead atoms. The van der Waals surface area contributed by atoms with E-state index in [2.05, 4.69) is 31.2 Å². The lowest BCUT2D eigenvalue weighted by atomic mass is 10.1. The molecule has 0 spiro atoms. The number of unbranched alkanes of at least 4 members (excludes halogenated alkanes) is 3. The number of carbonyl (C=O) groups is 1. The maximum atomic E-state index is 10.2. The normalized spacial score (nSPS) is 12.1. The van der Waals surface area contributed by atoms with Crippen molar-refractivity contribution in [2.45, 2.75) is 45.4 Å². The van der Waals surface area contributed by atoms with E-state index in [9.17, 15) is 4.79 Å². The zero-order valence-electron chi connectivity index (χ0n) is 10.1. The smallest absolute Gasteiger partial charge is 0.307 e. The Balaban J connectivity index is 3.27. The molecule has 0 amide bonds. The Morgan fingerprint density at radius 2 is 1.62 bits per heavy atom. The van der Waals surface area contributed by atoms with Crippen LogP contribution in [0.15, 0.2) is 36.5 Å². The molecule has 0 aliphatic rings. The third kappa shape index (κ3) is 12.7. The van der Waals surface area contributed by atoms with Crippen molar-refractivity contribution in [3.05, 3.63) is 36.5 Å². The summed E-state index contributed by atoms with van der Waals surface area (Å²) in [7, 11) is 0. The van der Waals surface area contributed by atoms with Crippen molar-refractivity contribution in [2.24, 2.45) is 0 Å². The second kappa shape index (κ2) is 11.8. The summed E-state index contributed by atoms with van der Waals surface area (Å²) < 4.78 is 0. The fraction of sp³-hybridized carbons (Fsp3) is 0.500. The second-order valence-corrected chi connectivity index (χ2v) is 3.62. The molecule has 2 nitrogen and oxygen atoms in total. The third-order valence-corrected chi connectivity index (χ3v) is 2.07. The molecule has 1 N–H and O–H groups in total. The van der Waals surface area contributed by atoms with Crippen LogP contribution < -0.4 is 0 Å². The highest BCUT2D eigenvalue weighted by Crippen LogP contribution is 2.02. The van der Waals surface area contributed by atoms with E-state index in [0.29, 0.717) is 0 Å². The van der Waals surface area contributed by atoms with Crippen LogP contribution in [0.1, 0.15) is 45.4 Å². The average molecular weight is 222 g/mol. The summed E-state index contributed by atoms with van der Waals surface area (Å²) in [6.45, 7) is 2.12. The Labute approximate surface area is 98.4 Å². The van der Waals surface area contributed by atoms with Crippen LogP contribution in [0, 0.1) is 0 Å². The summed E-state index contributed by atoms with van der Waals surface area (Å²) >= 11 is 0. The van der Waals surface area contributed by atoms with Crippen LogP contribution in [0.5, 0.6) is 0 Å². The monoisotopic (exact) mass is 222 g/mol. The molecule has 90 valence electrons. The zero-order valence-corrected chi connectivity index (χ0v) is 10.1. The first-order valence-corrected chi connectivity index (χ1v) is 5.95. The summed E-state index contributed by atoms with van der Waals surface area (Å²) in [5, 5.41) is 8.39. The minimum Gasteiger partial charge on any atom is -0.481 e. The third-order valence-electron chi connectivity index (χ3n) is 2.07. The molecule has 0 unspecified atom stereocenters. The largest absolute Gasteiger partial charge is 0.481 e. The molecule has 0 heterocycles. The Bertz CT molecular complexity index is 249. The molecule has 0 rings (SSSR count). The van der Waals surface area contributed by atoms with Gasteiger partial charge < -0.3 is 5.11 Å². The minimum atomic E-state index is -0.762. The van der Waals surface area contributed by atoms with Crippen LogP contribution in [0.3, 0.4) is 0 Å². The summed E-state index contributed by atoms with van der Waals surface area (Å²) in [5.74, 6) is -0.762. The van der Waals surface area contributed by atoms with E-state index in [1.165, 1.54) is 0 Å². The van der Waals surface area contributed by atoms with Gasteiger partial charge in [-0.25, -0.2) is 0 Å². The van der Waals surface area contributed by atoms with E-state index in [1.54, 1.807) is 6.08 Å². The van der Waals surface area contributed by atoms with Gasteiger partial charge in [0.05, 0.1) is 6.42 Å². The van der Waals surface area contributed by atoms with Crippen molar-refractivity contribution < 1.29 is 9.90 Å². The molecule has 0 aliphatic carbocycles. The molecule has 0 radical (unpaired) electrons. The van der Waals surface area contributed by atoms with Gasteiger partial charge in [-0.05, 0) is 32.1 Å². The Morgan fingerprint density at radius 1 is 1.00 bits per heavy atom. The molecule has 0 atom stereocenters. The molecule has 0 fully saturated rings. The average Bonchev–Trinajstić information content (AvgIpc) is 2.25. The summed E-state index contributed by atoms with van der Waals surface area (Å²) in [6.07, 6.45) is 17.7. The number of carboxylic acids is 1. The van der Waals surface area contributed by atoms with Gasteiger partial charge in [-0.1, -0.05) is 43.4 Å². The minimum absolute atomic E-state index is 0.141. The Morgan fingerprint density at radius 3 is 2.25 bits per heavy atom. The SMILES string of the molecule is CC/C=C/C=C/CCCC/C=C/CC(=O)O. The molecule has 0 aliphatic heterocycles. The topological polar surface area (TPSA) is 37.3 Å². The zero-order chi connectivity index (χ0) is 12.1. The predicted molar refractivity (Wildman–Crippen MR) is 68.4 cm³/mol. The lowest BCUT2D eigenvalue weighted by molar-refractivity contribution is -0.136. The number of carboxylic acid groups (broad SMARTS) is 1. The standard InChI is InChI=1S/C14H22O2/c1-2-3-4-5-6-7-8-9-10-11-12-13-14(15)16/h3-6,11-12H,2,7-10,13H2,1H3,(H,15,16)/b4-3+,6-5+,12-11+. The lowest BCUT2D eigenvalue weighted by Gasteiger charge is -1.92. The molecule has 0 aromatic rings. The number of rotatable bonds is 9. The van der Waals surface area contributed by atoms with Crippen LogP contribution in [0.2, 0.25) is 0 Å². The van der Waals surface area contributed by atoms with Crippen molar-refractivity contribution >= 4 is 5.97 Å². The van der Waals surface area contributed by atoms with Crippen molar-refractivity contribution in [3.8, 4) is 0 Å². The van der Waals surface area contributed by atoms with Gasteiger partial charge in [0.2, 0.25) is 0 Å². The van der Waals surface area contributed by atoms with Gasteiger partial charge in [0, 0.05) is 0 Å². The molecular weight excluding hydrogens is 200 g/mol. The predicted octanol–water partition coefficient (Wildman–Crippen LogP) is 4.10. The fourth-order valence-corrected chi connectivity index (χ4v) is 1.22. The van der Waals surface area contributed by atoms with E-state index in [4.69, 9.17) is 5.11 Å². The van der Waals surface area contributed by atoms with Crippen molar-refractivity contribution in [2.75, 3.05) is 0 Å². The first-order valence-electron chi connectivity index (χ1n) is 5.95. The van der Waals surface area contributed by atoms with Gasteiger partial charge in [0.25, 0.3) is 0 Å². The molecule has 0 aromatic heterocycles. The molecule has 0 saturated carbocycles.